The number of nitrogens with one attached hydrogen (secondary N) is 1. The maximum absolute atomic E-state index is 10.8. The number of rotatable bonds is 5. The minimum Gasteiger partial charge on any atom is -0.383 e. The van der Waals surface area contributed by atoms with Crippen LogP contribution in [-0.4, -0.2) is 36.0 Å². The van der Waals surface area contributed by atoms with E-state index in [4.69, 9.17) is 0 Å². The zero-order valence-electron chi connectivity index (χ0n) is 11.1. The Morgan fingerprint density at radius 1 is 1.47 bits per heavy atom. The van der Waals surface area contributed by atoms with Crippen molar-refractivity contribution in [2.75, 3.05) is 26.0 Å². The molecule has 0 bridgehead atoms. The second kappa shape index (κ2) is 5.62. The van der Waals surface area contributed by atoms with E-state index in [1.54, 1.807) is 12.1 Å². The summed E-state index contributed by atoms with van der Waals surface area (Å²) in [6, 6.07) is 5.18. The molecule has 2 rings (SSSR count). The highest BCUT2D eigenvalue weighted by atomic mass is 127. The van der Waals surface area contributed by atoms with E-state index in [1.807, 2.05) is 28.7 Å². The molecule has 0 aromatic heterocycles. The van der Waals surface area contributed by atoms with Crippen LogP contribution in [-0.2, 0) is 0 Å². The predicted octanol–water partition coefficient (Wildman–Crippen LogP) is 3.10. The molecule has 1 aromatic carbocycles. The fraction of sp³-hybridized carbons (Fsp3) is 0.538. The molecule has 19 heavy (non-hydrogen) atoms. The van der Waals surface area contributed by atoms with E-state index < -0.39 is 0 Å². The first-order chi connectivity index (χ1) is 8.94. The van der Waals surface area contributed by atoms with Gasteiger partial charge in [-0.3, -0.25) is 10.1 Å². The Morgan fingerprint density at radius 2 is 2.16 bits per heavy atom. The first kappa shape index (κ1) is 14.5. The number of nitro benzene ring substituents is 1. The van der Waals surface area contributed by atoms with Crippen molar-refractivity contribution in [1.29, 1.82) is 0 Å². The van der Waals surface area contributed by atoms with E-state index >= 15 is 0 Å². The summed E-state index contributed by atoms with van der Waals surface area (Å²) in [4.78, 5) is 12.7. The van der Waals surface area contributed by atoms with Gasteiger partial charge in [-0.15, -0.1) is 0 Å². The SMILES string of the molecule is CN(C)C1(CNc2ccc([N+](=O)[O-])c(I)c2)CCC1. The van der Waals surface area contributed by atoms with Crippen molar-refractivity contribution in [2.45, 2.75) is 24.8 Å². The third-order valence-corrected chi connectivity index (χ3v) is 4.86. The molecule has 1 saturated carbocycles. The Kier molecular flexibility index (Phi) is 4.29. The molecule has 1 aliphatic rings. The first-order valence-corrected chi connectivity index (χ1v) is 7.38. The summed E-state index contributed by atoms with van der Waals surface area (Å²) in [6.07, 6.45) is 3.69. The van der Waals surface area contributed by atoms with Crippen molar-refractivity contribution in [1.82, 2.24) is 4.90 Å². The average Bonchev–Trinajstić information content (AvgIpc) is 2.26. The summed E-state index contributed by atoms with van der Waals surface area (Å²) in [5, 5.41) is 14.2. The quantitative estimate of drug-likeness (QED) is 0.488. The second-order valence-electron chi connectivity index (χ2n) is 5.25. The van der Waals surface area contributed by atoms with E-state index in [0.29, 0.717) is 3.57 Å². The number of halogens is 1. The standard InChI is InChI=1S/C13H18IN3O2/c1-16(2)13(6-3-7-13)9-15-10-4-5-12(17(18)19)11(14)8-10/h4-5,8,15H,3,6-7,9H2,1-2H3. The van der Waals surface area contributed by atoms with Gasteiger partial charge in [0.15, 0.2) is 0 Å². The highest BCUT2D eigenvalue weighted by molar-refractivity contribution is 14.1. The molecule has 6 heteroatoms. The molecule has 1 aliphatic carbocycles. The van der Waals surface area contributed by atoms with Crippen LogP contribution in [0.2, 0.25) is 0 Å². The molecule has 0 atom stereocenters. The Balaban J connectivity index is 2.04. The summed E-state index contributed by atoms with van der Waals surface area (Å²) >= 11 is 2.01. The molecule has 0 aliphatic heterocycles. The minimum absolute atomic E-state index is 0.164. The topological polar surface area (TPSA) is 58.4 Å². The van der Waals surface area contributed by atoms with Gasteiger partial charge in [0.25, 0.3) is 5.69 Å². The Bertz CT molecular complexity index is 487. The van der Waals surface area contributed by atoms with Crippen molar-refractivity contribution in [3.05, 3.63) is 31.9 Å². The molecular weight excluding hydrogens is 357 g/mol. The maximum Gasteiger partial charge on any atom is 0.282 e. The van der Waals surface area contributed by atoms with Gasteiger partial charge in [-0.25, -0.2) is 0 Å². The van der Waals surface area contributed by atoms with Gasteiger partial charge in [-0.05, 0) is 68.1 Å². The summed E-state index contributed by atoms with van der Waals surface area (Å²) in [5.41, 5.74) is 1.35. The normalized spacial score (nSPS) is 17.1. The molecule has 0 amide bonds. The number of nitro groups is 1. The third kappa shape index (κ3) is 3.00. The molecule has 0 radical (unpaired) electrons. The summed E-state index contributed by atoms with van der Waals surface area (Å²) in [5.74, 6) is 0. The van der Waals surface area contributed by atoms with Crippen molar-refractivity contribution < 1.29 is 4.92 Å². The lowest BCUT2D eigenvalue weighted by Gasteiger charge is -2.47. The molecule has 1 aromatic rings. The molecule has 0 saturated heterocycles. The summed E-state index contributed by atoms with van der Waals surface area (Å²) < 4.78 is 0.667. The monoisotopic (exact) mass is 375 g/mol. The van der Waals surface area contributed by atoms with Crippen LogP contribution in [0.1, 0.15) is 19.3 Å². The number of likely N-dealkylation sites (N-methyl/N-ethyl adjacent to an activating group) is 1. The van der Waals surface area contributed by atoms with Crippen molar-refractivity contribution >= 4 is 34.0 Å². The number of anilines is 1. The van der Waals surface area contributed by atoms with Gasteiger partial charge < -0.3 is 10.2 Å². The molecule has 0 spiro atoms. The van der Waals surface area contributed by atoms with Gasteiger partial charge in [0, 0.05) is 23.8 Å². The second-order valence-corrected chi connectivity index (χ2v) is 6.41. The number of nitrogens with zero attached hydrogens (tertiary/aromatic N) is 2. The third-order valence-electron chi connectivity index (χ3n) is 4.00. The Labute approximate surface area is 126 Å². The molecule has 5 nitrogen and oxygen atoms in total. The molecule has 1 fully saturated rings. The van der Waals surface area contributed by atoms with Gasteiger partial charge in [0.2, 0.25) is 0 Å². The first-order valence-electron chi connectivity index (χ1n) is 6.30. The number of hydrogen-bond acceptors (Lipinski definition) is 4. The highest BCUT2D eigenvalue weighted by Crippen LogP contribution is 2.36. The van der Waals surface area contributed by atoms with Crippen LogP contribution in [0.15, 0.2) is 18.2 Å². The maximum atomic E-state index is 10.8. The number of benzene rings is 1. The van der Waals surface area contributed by atoms with Crippen molar-refractivity contribution in [2.24, 2.45) is 0 Å². The van der Waals surface area contributed by atoms with Gasteiger partial charge >= 0.3 is 0 Å². The van der Waals surface area contributed by atoms with E-state index in [0.717, 1.165) is 12.2 Å². The van der Waals surface area contributed by atoms with Crippen LogP contribution in [0.5, 0.6) is 0 Å². The molecule has 0 heterocycles. The van der Waals surface area contributed by atoms with Gasteiger partial charge in [-0.1, -0.05) is 0 Å². The van der Waals surface area contributed by atoms with E-state index in [2.05, 4.69) is 24.3 Å². The number of hydrogen-bond donors (Lipinski definition) is 1. The van der Waals surface area contributed by atoms with Gasteiger partial charge in [0.1, 0.15) is 0 Å². The lowest BCUT2D eigenvalue weighted by molar-refractivity contribution is -0.385. The molecule has 1 N–H and O–H groups in total. The summed E-state index contributed by atoms with van der Waals surface area (Å²) in [6.45, 7) is 0.883. The zero-order chi connectivity index (χ0) is 14.0. The fourth-order valence-electron chi connectivity index (χ4n) is 2.40. The van der Waals surface area contributed by atoms with Crippen molar-refractivity contribution in [3.8, 4) is 0 Å². The lowest BCUT2D eigenvalue weighted by atomic mass is 9.75. The molecule has 0 unspecified atom stereocenters. The van der Waals surface area contributed by atoms with Crippen LogP contribution in [0.3, 0.4) is 0 Å². The van der Waals surface area contributed by atoms with Crippen LogP contribution >= 0.6 is 22.6 Å². The largest absolute Gasteiger partial charge is 0.383 e. The predicted molar refractivity (Wildman–Crippen MR) is 84.6 cm³/mol. The van der Waals surface area contributed by atoms with E-state index in [-0.39, 0.29) is 16.1 Å². The highest BCUT2D eigenvalue weighted by Gasteiger charge is 2.38. The molecule has 104 valence electrons. The lowest BCUT2D eigenvalue weighted by Crippen LogP contribution is -2.54. The minimum atomic E-state index is -0.348. The zero-order valence-corrected chi connectivity index (χ0v) is 13.3. The van der Waals surface area contributed by atoms with Crippen LogP contribution in [0.25, 0.3) is 0 Å². The van der Waals surface area contributed by atoms with Crippen molar-refractivity contribution in [3.63, 3.8) is 0 Å². The van der Waals surface area contributed by atoms with E-state index in [9.17, 15) is 10.1 Å². The van der Waals surface area contributed by atoms with Crippen LogP contribution in [0, 0.1) is 13.7 Å². The fourth-order valence-corrected chi connectivity index (χ4v) is 3.11. The van der Waals surface area contributed by atoms with E-state index in [1.165, 1.54) is 19.3 Å². The van der Waals surface area contributed by atoms with Gasteiger partial charge in [-0.2, -0.15) is 0 Å². The van der Waals surface area contributed by atoms with Crippen LogP contribution in [0.4, 0.5) is 11.4 Å². The Morgan fingerprint density at radius 3 is 2.58 bits per heavy atom. The Hall–Kier alpha value is -0.890. The smallest absolute Gasteiger partial charge is 0.282 e. The summed E-state index contributed by atoms with van der Waals surface area (Å²) in [7, 11) is 4.22. The van der Waals surface area contributed by atoms with Gasteiger partial charge in [0.05, 0.1) is 8.49 Å². The van der Waals surface area contributed by atoms with Crippen LogP contribution < -0.4 is 5.32 Å². The molecular formula is C13H18IN3O2. The average molecular weight is 375 g/mol.